The van der Waals surface area contributed by atoms with E-state index in [-0.39, 0.29) is 23.3 Å². The SMILES string of the molecule is Cc1cc(-c2ccncc2N2CCN(C(=O)OC(C)(C)C)CC2)ccc1CNC(=O)c1nc(C2(C)CC2)no1. The zero-order chi connectivity index (χ0) is 27.8. The summed E-state index contributed by atoms with van der Waals surface area (Å²) in [5.74, 6) is 0.233. The molecule has 3 aromatic rings. The maximum Gasteiger partial charge on any atom is 0.410 e. The van der Waals surface area contributed by atoms with Crippen molar-refractivity contribution in [3.63, 3.8) is 0 Å². The highest BCUT2D eigenvalue weighted by atomic mass is 16.6. The summed E-state index contributed by atoms with van der Waals surface area (Å²) < 4.78 is 10.7. The number of hydrogen-bond acceptors (Lipinski definition) is 8. The van der Waals surface area contributed by atoms with Gasteiger partial charge < -0.3 is 24.4 Å². The zero-order valence-electron chi connectivity index (χ0n) is 23.3. The van der Waals surface area contributed by atoms with Gasteiger partial charge in [-0.2, -0.15) is 4.98 Å². The first-order valence-corrected chi connectivity index (χ1v) is 13.4. The Morgan fingerprint density at radius 3 is 2.54 bits per heavy atom. The molecule has 2 aliphatic rings. The van der Waals surface area contributed by atoms with Gasteiger partial charge in [-0.15, -0.1) is 0 Å². The number of hydrogen-bond donors (Lipinski definition) is 1. The number of pyridine rings is 1. The van der Waals surface area contributed by atoms with Crippen molar-refractivity contribution in [1.29, 1.82) is 0 Å². The van der Waals surface area contributed by atoms with Gasteiger partial charge >= 0.3 is 17.9 Å². The Hall–Kier alpha value is -3.95. The van der Waals surface area contributed by atoms with Crippen LogP contribution in [0.5, 0.6) is 0 Å². The number of aromatic nitrogens is 3. The molecule has 1 saturated heterocycles. The first kappa shape index (κ1) is 26.6. The fourth-order valence-corrected chi connectivity index (χ4v) is 4.62. The van der Waals surface area contributed by atoms with E-state index in [0.717, 1.165) is 40.8 Å². The second-order valence-electron chi connectivity index (χ2n) is 11.7. The first-order chi connectivity index (χ1) is 18.5. The van der Waals surface area contributed by atoms with E-state index in [4.69, 9.17) is 9.26 Å². The first-order valence-electron chi connectivity index (χ1n) is 13.4. The van der Waals surface area contributed by atoms with Crippen LogP contribution < -0.4 is 10.2 Å². The lowest BCUT2D eigenvalue weighted by Gasteiger charge is -2.37. The minimum atomic E-state index is -0.511. The van der Waals surface area contributed by atoms with Gasteiger partial charge in [0.05, 0.1) is 11.9 Å². The van der Waals surface area contributed by atoms with Crippen LogP contribution in [0.1, 0.15) is 68.2 Å². The molecular weight excluding hydrogens is 496 g/mol. The second kappa shape index (κ2) is 10.3. The molecule has 2 fully saturated rings. The summed E-state index contributed by atoms with van der Waals surface area (Å²) >= 11 is 0. The number of carbonyl (C=O) groups is 2. The lowest BCUT2D eigenvalue weighted by molar-refractivity contribution is 0.0240. The highest BCUT2D eigenvalue weighted by Crippen LogP contribution is 2.45. The van der Waals surface area contributed by atoms with E-state index in [0.29, 0.717) is 38.5 Å². The molecule has 0 unspecified atom stereocenters. The van der Waals surface area contributed by atoms with Crippen LogP contribution >= 0.6 is 0 Å². The maximum atomic E-state index is 12.6. The van der Waals surface area contributed by atoms with Crippen LogP contribution in [0.3, 0.4) is 0 Å². The predicted octanol–water partition coefficient (Wildman–Crippen LogP) is 4.48. The lowest BCUT2D eigenvalue weighted by atomic mass is 9.99. The molecule has 0 radical (unpaired) electrons. The van der Waals surface area contributed by atoms with Gasteiger partial charge in [0.15, 0.2) is 5.82 Å². The third kappa shape index (κ3) is 6.05. The molecule has 10 heteroatoms. The fourth-order valence-electron chi connectivity index (χ4n) is 4.62. The number of benzene rings is 1. The summed E-state index contributed by atoms with van der Waals surface area (Å²) in [5, 5.41) is 6.88. The number of nitrogens with one attached hydrogen (secondary N) is 1. The number of amides is 2. The summed E-state index contributed by atoms with van der Waals surface area (Å²) in [5.41, 5.74) is 4.66. The van der Waals surface area contributed by atoms with Crippen molar-refractivity contribution < 1.29 is 18.8 Å². The number of rotatable bonds is 6. The van der Waals surface area contributed by atoms with Crippen molar-refractivity contribution >= 4 is 17.7 Å². The zero-order valence-corrected chi connectivity index (χ0v) is 23.3. The van der Waals surface area contributed by atoms with Gasteiger partial charge in [0.1, 0.15) is 5.60 Å². The van der Waals surface area contributed by atoms with Crippen LogP contribution in [0.15, 0.2) is 41.2 Å². The smallest absolute Gasteiger partial charge is 0.410 e. The Labute approximate surface area is 228 Å². The minimum Gasteiger partial charge on any atom is -0.444 e. The molecule has 1 aliphatic carbocycles. The normalized spacial score (nSPS) is 16.6. The highest BCUT2D eigenvalue weighted by molar-refractivity contribution is 5.89. The molecule has 1 saturated carbocycles. The van der Waals surface area contributed by atoms with Crippen molar-refractivity contribution in [2.24, 2.45) is 0 Å². The van der Waals surface area contributed by atoms with Gasteiger partial charge in [-0.25, -0.2) is 4.79 Å². The standard InChI is InChI=1S/C29H36N6O4/c1-19-16-20(6-7-21(19)17-31-24(36)25-32-26(33-39-25)29(5)9-10-29)22-8-11-30-18-23(22)34-12-14-35(15-13-34)27(37)38-28(2,3)4/h6-8,11,16,18H,9-10,12-15,17H2,1-5H3,(H,31,36). The maximum absolute atomic E-state index is 12.6. The summed E-state index contributed by atoms with van der Waals surface area (Å²) in [6.07, 6.45) is 5.42. The van der Waals surface area contributed by atoms with E-state index < -0.39 is 5.60 Å². The van der Waals surface area contributed by atoms with Crippen molar-refractivity contribution in [3.05, 3.63) is 59.5 Å². The van der Waals surface area contributed by atoms with Gasteiger partial charge in [0, 0.05) is 49.9 Å². The molecule has 3 heterocycles. The van der Waals surface area contributed by atoms with Crippen molar-refractivity contribution in [1.82, 2.24) is 25.3 Å². The molecule has 2 amide bonds. The minimum absolute atomic E-state index is 0.000548. The average Bonchev–Trinajstić information content (AvgIpc) is 3.44. The van der Waals surface area contributed by atoms with Crippen molar-refractivity contribution in [2.75, 3.05) is 31.1 Å². The van der Waals surface area contributed by atoms with Gasteiger partial charge in [0.25, 0.3) is 0 Å². The quantitative estimate of drug-likeness (QED) is 0.494. The third-order valence-corrected chi connectivity index (χ3v) is 7.33. The van der Waals surface area contributed by atoms with Crippen LogP contribution in [0.4, 0.5) is 10.5 Å². The Bertz CT molecular complexity index is 1370. The lowest BCUT2D eigenvalue weighted by Crippen LogP contribution is -2.50. The number of anilines is 1. The van der Waals surface area contributed by atoms with Gasteiger partial charge in [-0.1, -0.05) is 30.3 Å². The summed E-state index contributed by atoms with van der Waals surface area (Å²) in [4.78, 5) is 37.7. The summed E-state index contributed by atoms with van der Waals surface area (Å²) in [6, 6.07) is 8.22. The molecule has 1 aromatic carbocycles. The Morgan fingerprint density at radius 1 is 1.13 bits per heavy atom. The van der Waals surface area contributed by atoms with Gasteiger partial charge in [0.2, 0.25) is 0 Å². The second-order valence-corrected chi connectivity index (χ2v) is 11.7. The van der Waals surface area contributed by atoms with Crippen LogP contribution in [0.2, 0.25) is 0 Å². The highest BCUT2D eigenvalue weighted by Gasteiger charge is 2.44. The van der Waals surface area contributed by atoms with E-state index in [2.05, 4.69) is 44.4 Å². The molecule has 0 spiro atoms. The van der Waals surface area contributed by atoms with Crippen molar-refractivity contribution in [3.8, 4) is 11.1 Å². The molecule has 10 nitrogen and oxygen atoms in total. The number of piperazine rings is 1. The third-order valence-electron chi connectivity index (χ3n) is 7.33. The molecule has 1 N–H and O–H groups in total. The van der Waals surface area contributed by atoms with E-state index in [1.54, 1.807) is 11.1 Å². The topological polar surface area (TPSA) is 114 Å². The van der Waals surface area contributed by atoms with E-state index in [1.807, 2.05) is 46.0 Å². The Kier molecular flexibility index (Phi) is 7.05. The van der Waals surface area contributed by atoms with Crippen LogP contribution in [0.25, 0.3) is 11.1 Å². The number of nitrogens with zero attached hydrogens (tertiary/aromatic N) is 5. The molecule has 206 valence electrons. The van der Waals surface area contributed by atoms with E-state index in [1.165, 1.54) is 0 Å². The fraction of sp³-hybridized carbons (Fsp3) is 0.483. The number of aryl methyl sites for hydroxylation is 1. The van der Waals surface area contributed by atoms with Crippen molar-refractivity contribution in [2.45, 2.75) is 65.0 Å². The van der Waals surface area contributed by atoms with Gasteiger partial charge in [-0.05, 0) is 63.3 Å². The predicted molar refractivity (Wildman–Crippen MR) is 146 cm³/mol. The summed E-state index contributed by atoms with van der Waals surface area (Å²) in [7, 11) is 0. The van der Waals surface area contributed by atoms with E-state index >= 15 is 0 Å². The molecular formula is C29H36N6O4. The monoisotopic (exact) mass is 532 g/mol. The molecule has 39 heavy (non-hydrogen) atoms. The van der Waals surface area contributed by atoms with E-state index in [9.17, 15) is 9.59 Å². The molecule has 0 bridgehead atoms. The van der Waals surface area contributed by atoms with Crippen LogP contribution in [-0.2, 0) is 16.7 Å². The number of carbonyl (C=O) groups excluding carboxylic acids is 2. The Morgan fingerprint density at radius 2 is 1.87 bits per heavy atom. The Balaban J connectivity index is 1.23. The largest absolute Gasteiger partial charge is 0.444 e. The van der Waals surface area contributed by atoms with Crippen LogP contribution in [-0.4, -0.2) is 63.8 Å². The molecule has 0 atom stereocenters. The summed E-state index contributed by atoms with van der Waals surface area (Å²) in [6.45, 7) is 12.6. The number of ether oxygens (including phenoxy) is 1. The van der Waals surface area contributed by atoms with Crippen LogP contribution in [0, 0.1) is 6.92 Å². The molecule has 5 rings (SSSR count). The van der Waals surface area contributed by atoms with Gasteiger partial charge in [-0.3, -0.25) is 9.78 Å². The molecule has 1 aliphatic heterocycles. The average molecular weight is 533 g/mol. The molecule has 2 aromatic heterocycles.